The van der Waals surface area contributed by atoms with Gasteiger partial charge in [0.1, 0.15) is 0 Å². The molecule has 0 unspecified atom stereocenters. The average molecular weight is 316 g/mol. The van der Waals surface area contributed by atoms with E-state index in [1.165, 1.54) is 0 Å². The Bertz CT molecular complexity index is 750. The zero-order chi connectivity index (χ0) is 13.2. The lowest BCUT2D eigenvalue weighted by molar-refractivity contribution is 0.459. The van der Waals surface area contributed by atoms with E-state index >= 15 is 0 Å². The molecule has 2 aromatic carbocycles. The van der Waals surface area contributed by atoms with Crippen molar-refractivity contribution >= 4 is 38.2 Å². The van der Waals surface area contributed by atoms with Crippen LogP contribution in [0.1, 0.15) is 0 Å². The van der Waals surface area contributed by atoms with E-state index in [4.69, 9.17) is 0 Å². The Hall–Kier alpha value is -2.14. The molecule has 2 N–H and O–H groups in total. The molecule has 0 saturated heterocycles. The summed E-state index contributed by atoms with van der Waals surface area (Å²) in [5, 5.41) is 19.0. The van der Waals surface area contributed by atoms with E-state index in [1.807, 2.05) is 48.5 Å². The lowest BCUT2D eigenvalue weighted by Crippen LogP contribution is -1.68. The van der Waals surface area contributed by atoms with Crippen molar-refractivity contribution in [3.05, 3.63) is 53.0 Å². The van der Waals surface area contributed by atoms with Crippen LogP contribution in [0.25, 0.3) is 10.9 Å². The number of aromatic nitrogens is 1. The van der Waals surface area contributed by atoms with Crippen LogP contribution in [0.2, 0.25) is 0 Å². The monoisotopic (exact) mass is 315 g/mol. The Morgan fingerprint density at radius 2 is 1.74 bits per heavy atom. The first-order valence-corrected chi connectivity index (χ1v) is 6.51. The Labute approximate surface area is 117 Å². The predicted octanol–water partition coefficient (Wildman–Crippen LogP) is 5.05. The van der Waals surface area contributed by atoms with Gasteiger partial charge in [0.05, 0.1) is 11.2 Å². The van der Waals surface area contributed by atoms with Crippen molar-refractivity contribution in [3.63, 3.8) is 0 Å². The summed E-state index contributed by atoms with van der Waals surface area (Å²) in [5.41, 5.74) is 1.99. The standard InChI is InChI=1S/C14H10BrN3O/c15-11-8-4-7-10-12(11)16-14(19)13(10)18-17-9-5-2-1-3-6-9/h1-8,16,19H. The molecule has 0 bridgehead atoms. The Morgan fingerprint density at radius 3 is 2.53 bits per heavy atom. The van der Waals surface area contributed by atoms with E-state index < -0.39 is 0 Å². The normalized spacial score (nSPS) is 11.4. The van der Waals surface area contributed by atoms with E-state index in [9.17, 15) is 5.11 Å². The number of halogens is 1. The second kappa shape index (κ2) is 4.85. The maximum absolute atomic E-state index is 9.91. The molecule has 0 aliphatic heterocycles. The molecule has 1 aromatic heterocycles. The summed E-state index contributed by atoms with van der Waals surface area (Å²) < 4.78 is 0.876. The summed E-state index contributed by atoms with van der Waals surface area (Å²) >= 11 is 3.43. The minimum atomic E-state index is 0.0154. The number of H-pyrrole nitrogens is 1. The van der Waals surface area contributed by atoms with Gasteiger partial charge in [-0.1, -0.05) is 30.3 Å². The molecule has 0 atom stereocenters. The number of azo groups is 1. The highest BCUT2D eigenvalue weighted by molar-refractivity contribution is 9.10. The summed E-state index contributed by atoms with van der Waals surface area (Å²) in [5.74, 6) is 0.0154. The van der Waals surface area contributed by atoms with Gasteiger partial charge in [0, 0.05) is 9.86 Å². The molecule has 3 rings (SSSR count). The summed E-state index contributed by atoms with van der Waals surface area (Å²) in [7, 11) is 0. The Morgan fingerprint density at radius 1 is 0.947 bits per heavy atom. The highest BCUT2D eigenvalue weighted by atomic mass is 79.9. The number of aromatic hydroxyl groups is 1. The number of hydrogen-bond donors (Lipinski definition) is 2. The number of nitrogens with one attached hydrogen (secondary N) is 1. The third-order valence-electron chi connectivity index (χ3n) is 2.76. The fraction of sp³-hybridized carbons (Fsp3) is 0. The van der Waals surface area contributed by atoms with Crippen molar-refractivity contribution < 1.29 is 5.11 Å². The van der Waals surface area contributed by atoms with Gasteiger partial charge in [-0.15, -0.1) is 5.11 Å². The SMILES string of the molecule is Oc1[nH]c2c(Br)cccc2c1N=Nc1ccccc1. The topological polar surface area (TPSA) is 60.7 Å². The molecular formula is C14H10BrN3O. The summed E-state index contributed by atoms with van der Waals surface area (Å²) in [6, 6.07) is 15.1. The van der Waals surface area contributed by atoms with Gasteiger partial charge in [-0.05, 0) is 34.1 Å². The molecule has 0 aliphatic rings. The van der Waals surface area contributed by atoms with Crippen molar-refractivity contribution in [2.75, 3.05) is 0 Å². The van der Waals surface area contributed by atoms with Gasteiger partial charge in [-0.2, -0.15) is 5.11 Å². The molecule has 4 nitrogen and oxygen atoms in total. The molecule has 94 valence electrons. The van der Waals surface area contributed by atoms with E-state index in [-0.39, 0.29) is 5.88 Å². The molecule has 0 spiro atoms. The van der Waals surface area contributed by atoms with Crippen LogP contribution in [0, 0.1) is 0 Å². The molecule has 3 aromatic rings. The van der Waals surface area contributed by atoms with Crippen LogP contribution in [0.3, 0.4) is 0 Å². The number of nitrogens with zero attached hydrogens (tertiary/aromatic N) is 2. The first-order chi connectivity index (χ1) is 9.25. The predicted molar refractivity (Wildman–Crippen MR) is 78.3 cm³/mol. The fourth-order valence-corrected chi connectivity index (χ4v) is 2.32. The zero-order valence-corrected chi connectivity index (χ0v) is 11.4. The summed E-state index contributed by atoms with van der Waals surface area (Å²) in [6.45, 7) is 0. The smallest absolute Gasteiger partial charge is 0.218 e. The minimum absolute atomic E-state index is 0.0154. The van der Waals surface area contributed by atoms with Crippen LogP contribution >= 0.6 is 15.9 Å². The average Bonchev–Trinajstić information content (AvgIpc) is 2.75. The molecule has 19 heavy (non-hydrogen) atoms. The minimum Gasteiger partial charge on any atom is -0.493 e. The van der Waals surface area contributed by atoms with Gasteiger partial charge in [0.2, 0.25) is 5.88 Å². The lowest BCUT2D eigenvalue weighted by atomic mass is 10.2. The summed E-state index contributed by atoms with van der Waals surface area (Å²) in [4.78, 5) is 2.89. The Balaban J connectivity index is 2.09. The number of benzene rings is 2. The van der Waals surface area contributed by atoms with Gasteiger partial charge in [-0.3, -0.25) is 0 Å². The van der Waals surface area contributed by atoms with E-state index in [1.54, 1.807) is 0 Å². The first kappa shape index (κ1) is 11.9. The van der Waals surface area contributed by atoms with Gasteiger partial charge >= 0.3 is 0 Å². The second-order valence-corrected chi connectivity index (χ2v) is 4.87. The molecule has 0 radical (unpaired) electrons. The molecule has 5 heteroatoms. The third kappa shape index (κ3) is 2.24. The molecule has 0 aliphatic carbocycles. The van der Waals surface area contributed by atoms with Crippen LogP contribution in [0.5, 0.6) is 5.88 Å². The number of aromatic amines is 1. The van der Waals surface area contributed by atoms with Crippen molar-refractivity contribution in [1.82, 2.24) is 4.98 Å². The number of hydrogen-bond acceptors (Lipinski definition) is 3. The van der Waals surface area contributed by atoms with E-state index in [0.29, 0.717) is 5.69 Å². The van der Waals surface area contributed by atoms with Gasteiger partial charge in [0.15, 0.2) is 5.69 Å². The number of rotatable bonds is 2. The van der Waals surface area contributed by atoms with Crippen molar-refractivity contribution in [1.29, 1.82) is 0 Å². The van der Waals surface area contributed by atoms with Crippen molar-refractivity contribution in [3.8, 4) is 5.88 Å². The number of para-hydroxylation sites is 1. The highest BCUT2D eigenvalue weighted by Gasteiger charge is 2.11. The zero-order valence-electron chi connectivity index (χ0n) is 9.84. The van der Waals surface area contributed by atoms with E-state index in [0.717, 1.165) is 21.1 Å². The largest absolute Gasteiger partial charge is 0.493 e. The van der Waals surface area contributed by atoms with Gasteiger partial charge in [-0.25, -0.2) is 0 Å². The molecule has 0 amide bonds. The first-order valence-electron chi connectivity index (χ1n) is 5.71. The maximum atomic E-state index is 9.91. The lowest BCUT2D eigenvalue weighted by Gasteiger charge is -1.93. The fourth-order valence-electron chi connectivity index (χ4n) is 1.86. The van der Waals surface area contributed by atoms with E-state index in [2.05, 4.69) is 31.1 Å². The van der Waals surface area contributed by atoms with Crippen molar-refractivity contribution in [2.24, 2.45) is 10.2 Å². The molecule has 0 fully saturated rings. The molecule has 1 heterocycles. The third-order valence-corrected chi connectivity index (χ3v) is 3.42. The van der Waals surface area contributed by atoms with Gasteiger partial charge < -0.3 is 10.1 Å². The van der Waals surface area contributed by atoms with Crippen LogP contribution < -0.4 is 0 Å². The highest BCUT2D eigenvalue weighted by Crippen LogP contribution is 2.38. The summed E-state index contributed by atoms with van der Waals surface area (Å²) in [6.07, 6.45) is 0. The van der Waals surface area contributed by atoms with Crippen molar-refractivity contribution in [2.45, 2.75) is 0 Å². The Kier molecular flexibility index (Phi) is 3.05. The molecular weight excluding hydrogens is 306 g/mol. The van der Waals surface area contributed by atoms with Crippen LogP contribution in [-0.2, 0) is 0 Å². The van der Waals surface area contributed by atoms with Gasteiger partial charge in [0.25, 0.3) is 0 Å². The quantitative estimate of drug-likeness (QED) is 0.638. The molecule has 0 saturated carbocycles. The van der Waals surface area contributed by atoms with Crippen LogP contribution in [0.4, 0.5) is 11.4 Å². The van der Waals surface area contributed by atoms with Crippen LogP contribution in [-0.4, -0.2) is 10.1 Å². The second-order valence-electron chi connectivity index (χ2n) is 4.02. The maximum Gasteiger partial charge on any atom is 0.218 e. The van der Waals surface area contributed by atoms with Crippen LogP contribution in [0.15, 0.2) is 63.2 Å². The number of fused-ring (bicyclic) bond motifs is 1.